The fraction of sp³-hybridized carbons (Fsp3) is 1.00. The molecule has 0 fully saturated rings. The highest BCUT2D eigenvalue weighted by molar-refractivity contribution is 6.44. The Labute approximate surface area is 111 Å². The largest absolute Gasteiger partial charge is 0.135 e. The van der Waals surface area contributed by atoms with E-state index in [2.05, 4.69) is 69.2 Å². The summed E-state index contributed by atoms with van der Waals surface area (Å²) in [5.41, 5.74) is 0.410. The maximum atomic E-state index is 2.46. The predicted molar refractivity (Wildman–Crippen MR) is 83.3 cm³/mol. The van der Waals surface area contributed by atoms with Gasteiger partial charge >= 0.3 is 0 Å². The van der Waals surface area contributed by atoms with Crippen LogP contribution in [0.5, 0.6) is 0 Å². The molecule has 0 aliphatic heterocycles. The van der Waals surface area contributed by atoms with E-state index < -0.39 is 0 Å². The van der Waals surface area contributed by atoms with Crippen LogP contribution in [0.15, 0.2) is 0 Å². The van der Waals surface area contributed by atoms with E-state index in [1.807, 2.05) is 0 Å². The first-order valence-electron chi connectivity index (χ1n) is 7.32. The van der Waals surface area contributed by atoms with E-state index in [0.29, 0.717) is 16.0 Å². The van der Waals surface area contributed by atoms with Crippen LogP contribution in [0.2, 0.25) is 10.6 Å². The van der Waals surface area contributed by atoms with Crippen LogP contribution < -0.4 is 0 Å². The van der Waals surface area contributed by atoms with Gasteiger partial charge in [-0.1, -0.05) is 79.9 Å². The van der Waals surface area contributed by atoms with Crippen molar-refractivity contribution in [3.63, 3.8) is 0 Å². The predicted octanol–water partition coefficient (Wildman–Crippen LogP) is 5.55. The molecule has 0 N–H and O–H groups in total. The second kappa shape index (κ2) is 5.37. The van der Waals surface area contributed by atoms with Crippen molar-refractivity contribution in [1.82, 2.24) is 0 Å². The maximum Gasteiger partial charge on any atom is 0.135 e. The SMILES string of the molecule is CC(C)CC(C)(C)C(C)(C)BC(C)(C)C(C)C. The Balaban J connectivity index is 4.89. The zero-order valence-corrected chi connectivity index (χ0v) is 14.1. The first-order chi connectivity index (χ1) is 7.32. The average molecular weight is 238 g/mol. The van der Waals surface area contributed by atoms with Gasteiger partial charge in [-0.15, -0.1) is 0 Å². The monoisotopic (exact) mass is 238 g/mol. The van der Waals surface area contributed by atoms with Crippen LogP contribution >= 0.6 is 0 Å². The fourth-order valence-electron chi connectivity index (χ4n) is 2.88. The Kier molecular flexibility index (Phi) is 5.39. The summed E-state index contributed by atoms with van der Waals surface area (Å²) >= 11 is 0. The van der Waals surface area contributed by atoms with Crippen LogP contribution in [-0.4, -0.2) is 7.28 Å². The van der Waals surface area contributed by atoms with Gasteiger partial charge in [-0.05, 0) is 23.7 Å². The molecule has 0 saturated heterocycles. The summed E-state index contributed by atoms with van der Waals surface area (Å²) in [6, 6.07) is 0. The molecule has 0 bridgehead atoms. The fourth-order valence-corrected chi connectivity index (χ4v) is 2.88. The lowest BCUT2D eigenvalue weighted by molar-refractivity contribution is 0.206. The third kappa shape index (κ3) is 4.68. The molecule has 0 aliphatic carbocycles. The van der Waals surface area contributed by atoms with Gasteiger partial charge in [0.05, 0.1) is 0 Å². The normalized spacial score (nSPS) is 14.6. The van der Waals surface area contributed by atoms with Crippen molar-refractivity contribution in [3.8, 4) is 0 Å². The van der Waals surface area contributed by atoms with E-state index >= 15 is 0 Å². The highest BCUT2D eigenvalue weighted by Crippen LogP contribution is 2.53. The van der Waals surface area contributed by atoms with Gasteiger partial charge in [-0.3, -0.25) is 0 Å². The first kappa shape index (κ1) is 17.1. The number of rotatable bonds is 6. The Hall–Kier alpha value is 0.0649. The Morgan fingerprint density at radius 2 is 1.24 bits per heavy atom. The van der Waals surface area contributed by atoms with Crippen LogP contribution in [0.4, 0.5) is 0 Å². The Morgan fingerprint density at radius 3 is 1.53 bits per heavy atom. The molecule has 0 aromatic carbocycles. The Morgan fingerprint density at radius 1 is 0.824 bits per heavy atom. The Bertz CT molecular complexity index is 234. The van der Waals surface area contributed by atoms with E-state index in [-0.39, 0.29) is 0 Å². The molecular weight excluding hydrogens is 203 g/mol. The van der Waals surface area contributed by atoms with Crippen LogP contribution in [0.25, 0.3) is 0 Å². The van der Waals surface area contributed by atoms with Crippen LogP contribution in [0.3, 0.4) is 0 Å². The van der Waals surface area contributed by atoms with Crippen molar-refractivity contribution in [2.75, 3.05) is 0 Å². The number of hydrogen-bond donors (Lipinski definition) is 0. The van der Waals surface area contributed by atoms with Crippen LogP contribution in [0.1, 0.15) is 75.7 Å². The van der Waals surface area contributed by atoms with E-state index in [1.165, 1.54) is 13.7 Å². The molecule has 102 valence electrons. The van der Waals surface area contributed by atoms with Crippen LogP contribution in [0, 0.1) is 17.3 Å². The third-order valence-electron chi connectivity index (χ3n) is 5.21. The van der Waals surface area contributed by atoms with Gasteiger partial charge in [0.2, 0.25) is 0 Å². The molecule has 1 heteroatoms. The quantitative estimate of drug-likeness (QED) is 0.532. The summed E-state index contributed by atoms with van der Waals surface area (Å²) in [5, 5.41) is 0.822. The van der Waals surface area contributed by atoms with Gasteiger partial charge in [-0.2, -0.15) is 0 Å². The van der Waals surface area contributed by atoms with Crippen molar-refractivity contribution in [3.05, 3.63) is 0 Å². The second-order valence-corrected chi connectivity index (χ2v) is 8.69. The van der Waals surface area contributed by atoms with Crippen molar-refractivity contribution in [2.45, 2.75) is 86.3 Å². The standard InChI is InChI=1S/C16H35B/c1-12(2)11-14(5,6)16(9,10)17-15(7,8)13(3)4/h12-13,17H,11H2,1-10H3. The van der Waals surface area contributed by atoms with E-state index in [9.17, 15) is 0 Å². The molecule has 0 aromatic heterocycles. The van der Waals surface area contributed by atoms with E-state index in [0.717, 1.165) is 11.8 Å². The molecule has 0 aliphatic rings. The molecule has 0 nitrogen and oxygen atoms in total. The highest BCUT2D eigenvalue weighted by Gasteiger charge is 2.42. The first-order valence-corrected chi connectivity index (χ1v) is 7.32. The molecule has 0 amide bonds. The van der Waals surface area contributed by atoms with E-state index in [4.69, 9.17) is 0 Å². The van der Waals surface area contributed by atoms with Crippen molar-refractivity contribution in [1.29, 1.82) is 0 Å². The lowest BCUT2D eigenvalue weighted by atomic mass is 9.33. The summed E-state index contributed by atoms with van der Waals surface area (Å²) in [6.45, 7) is 24.0. The smallest absolute Gasteiger partial charge is 0.0666 e. The van der Waals surface area contributed by atoms with Crippen molar-refractivity contribution < 1.29 is 0 Å². The van der Waals surface area contributed by atoms with Crippen molar-refractivity contribution in [2.24, 2.45) is 17.3 Å². The zero-order valence-electron chi connectivity index (χ0n) is 14.1. The van der Waals surface area contributed by atoms with Gasteiger partial charge in [-0.25, -0.2) is 0 Å². The molecule has 0 radical (unpaired) electrons. The molecule has 0 spiro atoms. The summed E-state index contributed by atoms with van der Waals surface area (Å²) in [5.74, 6) is 1.53. The second-order valence-electron chi connectivity index (χ2n) is 8.69. The lowest BCUT2D eigenvalue weighted by Gasteiger charge is -2.47. The summed E-state index contributed by atoms with van der Waals surface area (Å²) in [7, 11) is 1.30. The maximum absolute atomic E-state index is 2.46. The minimum atomic E-state index is 0.394. The molecule has 0 saturated carbocycles. The lowest BCUT2D eigenvalue weighted by Crippen LogP contribution is -2.38. The molecule has 17 heavy (non-hydrogen) atoms. The van der Waals surface area contributed by atoms with Gasteiger partial charge < -0.3 is 0 Å². The summed E-state index contributed by atoms with van der Waals surface area (Å²) in [6.07, 6.45) is 1.31. The number of hydrogen-bond acceptors (Lipinski definition) is 0. The van der Waals surface area contributed by atoms with Gasteiger partial charge in [0.15, 0.2) is 0 Å². The zero-order chi connectivity index (χ0) is 14.1. The van der Waals surface area contributed by atoms with Gasteiger partial charge in [0.25, 0.3) is 0 Å². The average Bonchev–Trinajstić information content (AvgIpc) is 1.97. The molecule has 0 heterocycles. The minimum absolute atomic E-state index is 0.394. The highest BCUT2D eigenvalue weighted by atomic mass is 14.4. The van der Waals surface area contributed by atoms with Crippen LogP contribution in [-0.2, 0) is 0 Å². The van der Waals surface area contributed by atoms with Gasteiger partial charge in [0.1, 0.15) is 7.28 Å². The topological polar surface area (TPSA) is 0 Å². The molecular formula is C16H35B. The van der Waals surface area contributed by atoms with Crippen molar-refractivity contribution >= 4 is 7.28 Å². The molecule has 0 unspecified atom stereocenters. The third-order valence-corrected chi connectivity index (χ3v) is 5.21. The van der Waals surface area contributed by atoms with Gasteiger partial charge in [0, 0.05) is 0 Å². The summed E-state index contributed by atoms with van der Waals surface area (Å²) < 4.78 is 0. The molecule has 0 rings (SSSR count). The molecule has 0 atom stereocenters. The minimum Gasteiger partial charge on any atom is -0.0666 e. The summed E-state index contributed by atoms with van der Waals surface area (Å²) in [4.78, 5) is 0. The molecule has 0 aromatic rings. The van der Waals surface area contributed by atoms with E-state index in [1.54, 1.807) is 0 Å².